The third kappa shape index (κ3) is 3.95. The fraction of sp³-hybridized carbons (Fsp3) is 0.250. The van der Waals surface area contributed by atoms with Crippen molar-refractivity contribution in [2.75, 3.05) is 13.7 Å². The molecule has 0 radical (unpaired) electrons. The Morgan fingerprint density at radius 3 is 2.76 bits per heavy atom. The highest BCUT2D eigenvalue weighted by Crippen LogP contribution is 2.13. The van der Waals surface area contributed by atoms with Crippen molar-refractivity contribution in [3.63, 3.8) is 0 Å². The van der Waals surface area contributed by atoms with Gasteiger partial charge in [0.25, 0.3) is 0 Å². The molecule has 0 atom stereocenters. The number of hydrogen-bond donors (Lipinski definition) is 0. The number of carbonyl (C=O) groups is 1. The molecule has 0 aliphatic rings. The van der Waals surface area contributed by atoms with E-state index in [1.807, 2.05) is 30.3 Å². The molecule has 1 heterocycles. The van der Waals surface area contributed by atoms with E-state index < -0.39 is 0 Å². The van der Waals surface area contributed by atoms with E-state index in [1.54, 1.807) is 31.0 Å². The average Bonchev–Trinajstić information content (AvgIpc) is 2.89. The summed E-state index contributed by atoms with van der Waals surface area (Å²) in [5.41, 5.74) is 2.07. The van der Waals surface area contributed by atoms with E-state index in [0.717, 1.165) is 5.56 Å². The zero-order valence-electron chi connectivity index (χ0n) is 12.2. The Bertz CT molecular complexity index is 618. The molecule has 0 saturated carbocycles. The molecule has 0 aliphatic carbocycles. The number of methoxy groups -OCH3 is 1. The molecule has 0 unspecified atom stereocenters. The summed E-state index contributed by atoms with van der Waals surface area (Å²) in [6, 6.07) is 9.92. The van der Waals surface area contributed by atoms with E-state index in [2.05, 4.69) is 5.10 Å². The Kier molecular flexibility index (Phi) is 5.15. The number of rotatable bonds is 6. The molecule has 1 aromatic carbocycles. The van der Waals surface area contributed by atoms with Gasteiger partial charge in [0.05, 0.1) is 26.5 Å². The van der Waals surface area contributed by atoms with E-state index in [0.29, 0.717) is 24.4 Å². The summed E-state index contributed by atoms with van der Waals surface area (Å²) in [6.07, 6.45) is 4.83. The quantitative estimate of drug-likeness (QED) is 0.605. The van der Waals surface area contributed by atoms with Gasteiger partial charge in [0.15, 0.2) is 0 Å². The molecule has 0 bridgehead atoms. The molecule has 5 nitrogen and oxygen atoms in total. The number of aromatic nitrogens is 2. The second-order valence-corrected chi connectivity index (χ2v) is 4.37. The van der Waals surface area contributed by atoms with Crippen molar-refractivity contribution in [2.45, 2.75) is 13.5 Å². The maximum Gasteiger partial charge on any atom is 0.341 e. The molecule has 2 rings (SSSR count). The zero-order chi connectivity index (χ0) is 15.1. The predicted octanol–water partition coefficient (Wildman–Crippen LogP) is 2.73. The lowest BCUT2D eigenvalue weighted by atomic mass is 10.2. The lowest BCUT2D eigenvalue weighted by Gasteiger charge is -2.00. The van der Waals surface area contributed by atoms with Gasteiger partial charge in [0, 0.05) is 12.3 Å². The molecule has 0 aliphatic heterocycles. The number of nitrogens with zero attached hydrogens (tertiary/aromatic N) is 2. The number of benzene rings is 1. The first kappa shape index (κ1) is 14.8. The fourth-order valence-corrected chi connectivity index (χ4v) is 1.91. The standard InChI is InChI=1S/C16H18N2O3/c1-3-21-16(19)14-12-18(17-15(14)9-10-20-2)11-13-7-5-4-6-8-13/h4-10,12H,3,11H2,1-2H3/b10-9+. The first-order valence-electron chi connectivity index (χ1n) is 6.72. The van der Waals surface area contributed by atoms with Gasteiger partial charge in [-0.2, -0.15) is 5.10 Å². The summed E-state index contributed by atoms with van der Waals surface area (Å²) in [5.74, 6) is -0.382. The van der Waals surface area contributed by atoms with Gasteiger partial charge in [0.1, 0.15) is 11.3 Å². The molecule has 0 saturated heterocycles. The third-order valence-electron chi connectivity index (χ3n) is 2.83. The molecule has 110 valence electrons. The van der Waals surface area contributed by atoms with E-state index in [9.17, 15) is 4.79 Å². The summed E-state index contributed by atoms with van der Waals surface area (Å²) >= 11 is 0. The smallest absolute Gasteiger partial charge is 0.341 e. The predicted molar refractivity (Wildman–Crippen MR) is 79.8 cm³/mol. The largest absolute Gasteiger partial charge is 0.504 e. The van der Waals surface area contributed by atoms with Gasteiger partial charge >= 0.3 is 5.97 Å². The van der Waals surface area contributed by atoms with Crippen LogP contribution in [0.4, 0.5) is 0 Å². The number of esters is 1. The second-order valence-electron chi connectivity index (χ2n) is 4.37. The van der Waals surface area contributed by atoms with Gasteiger partial charge < -0.3 is 9.47 Å². The SMILES string of the molecule is CCOC(=O)c1cn(Cc2ccccc2)nc1/C=C/OC. The summed E-state index contributed by atoms with van der Waals surface area (Å²) in [5, 5.41) is 4.40. The summed E-state index contributed by atoms with van der Waals surface area (Å²) < 4.78 is 11.7. The first-order chi connectivity index (χ1) is 10.2. The van der Waals surface area contributed by atoms with E-state index in [4.69, 9.17) is 9.47 Å². The molecule has 2 aromatic rings. The van der Waals surface area contributed by atoms with Crippen molar-refractivity contribution >= 4 is 12.0 Å². The Balaban J connectivity index is 2.27. The lowest BCUT2D eigenvalue weighted by Crippen LogP contribution is -2.05. The van der Waals surface area contributed by atoms with Crippen LogP contribution in [0.2, 0.25) is 0 Å². The normalized spacial score (nSPS) is 10.8. The molecular weight excluding hydrogens is 268 g/mol. The third-order valence-corrected chi connectivity index (χ3v) is 2.83. The van der Waals surface area contributed by atoms with Crippen molar-refractivity contribution in [3.05, 3.63) is 59.6 Å². The van der Waals surface area contributed by atoms with Crippen LogP contribution in [0.15, 0.2) is 42.8 Å². The van der Waals surface area contributed by atoms with Crippen molar-refractivity contribution in [1.29, 1.82) is 0 Å². The molecular formula is C16H18N2O3. The second kappa shape index (κ2) is 7.28. The summed E-state index contributed by atoms with van der Waals surface area (Å²) in [7, 11) is 1.54. The van der Waals surface area contributed by atoms with Crippen LogP contribution in [-0.2, 0) is 16.0 Å². The van der Waals surface area contributed by atoms with Crippen LogP contribution in [-0.4, -0.2) is 29.5 Å². The monoisotopic (exact) mass is 286 g/mol. The zero-order valence-corrected chi connectivity index (χ0v) is 12.2. The molecule has 0 fully saturated rings. The lowest BCUT2D eigenvalue weighted by molar-refractivity contribution is 0.0526. The van der Waals surface area contributed by atoms with Gasteiger partial charge in [-0.05, 0) is 12.5 Å². The Labute approximate surface area is 123 Å². The highest BCUT2D eigenvalue weighted by Gasteiger charge is 2.16. The average molecular weight is 286 g/mol. The molecule has 0 N–H and O–H groups in total. The molecule has 5 heteroatoms. The molecule has 21 heavy (non-hydrogen) atoms. The van der Waals surface area contributed by atoms with Gasteiger partial charge in [-0.1, -0.05) is 30.3 Å². The number of ether oxygens (including phenoxy) is 2. The Hall–Kier alpha value is -2.56. The summed E-state index contributed by atoms with van der Waals surface area (Å²) in [4.78, 5) is 11.9. The maximum absolute atomic E-state index is 11.9. The van der Waals surface area contributed by atoms with Crippen LogP contribution in [0.25, 0.3) is 6.08 Å². The molecule has 0 spiro atoms. The topological polar surface area (TPSA) is 53.4 Å². The van der Waals surface area contributed by atoms with Gasteiger partial charge in [-0.25, -0.2) is 4.79 Å². The Morgan fingerprint density at radius 1 is 1.33 bits per heavy atom. The minimum absolute atomic E-state index is 0.329. The van der Waals surface area contributed by atoms with Crippen LogP contribution in [0.3, 0.4) is 0 Å². The van der Waals surface area contributed by atoms with Crippen LogP contribution in [0.5, 0.6) is 0 Å². The highest BCUT2D eigenvalue weighted by molar-refractivity contribution is 5.92. The molecule has 0 amide bonds. The van der Waals surface area contributed by atoms with Gasteiger partial charge in [-0.3, -0.25) is 4.68 Å². The molecule has 1 aromatic heterocycles. The maximum atomic E-state index is 11.9. The van der Waals surface area contributed by atoms with Crippen LogP contribution >= 0.6 is 0 Å². The summed E-state index contributed by atoms with van der Waals surface area (Å²) in [6.45, 7) is 2.70. The Morgan fingerprint density at radius 2 is 2.10 bits per heavy atom. The number of carbonyl (C=O) groups excluding carboxylic acids is 1. The minimum Gasteiger partial charge on any atom is -0.504 e. The van der Waals surface area contributed by atoms with Gasteiger partial charge in [0.2, 0.25) is 0 Å². The van der Waals surface area contributed by atoms with E-state index >= 15 is 0 Å². The van der Waals surface area contributed by atoms with Crippen LogP contribution < -0.4 is 0 Å². The number of hydrogen-bond acceptors (Lipinski definition) is 4. The van der Waals surface area contributed by atoms with Crippen molar-refractivity contribution in [2.24, 2.45) is 0 Å². The fourth-order valence-electron chi connectivity index (χ4n) is 1.91. The van der Waals surface area contributed by atoms with Crippen molar-refractivity contribution < 1.29 is 14.3 Å². The first-order valence-corrected chi connectivity index (χ1v) is 6.72. The van der Waals surface area contributed by atoms with E-state index in [-0.39, 0.29) is 5.97 Å². The minimum atomic E-state index is -0.382. The van der Waals surface area contributed by atoms with Crippen LogP contribution in [0.1, 0.15) is 28.5 Å². The van der Waals surface area contributed by atoms with Crippen LogP contribution in [0, 0.1) is 0 Å². The van der Waals surface area contributed by atoms with E-state index in [1.165, 1.54) is 6.26 Å². The van der Waals surface area contributed by atoms with Gasteiger partial charge in [-0.15, -0.1) is 0 Å². The van der Waals surface area contributed by atoms with Crippen molar-refractivity contribution in [3.8, 4) is 0 Å². The van der Waals surface area contributed by atoms with Crippen molar-refractivity contribution in [1.82, 2.24) is 9.78 Å². The highest BCUT2D eigenvalue weighted by atomic mass is 16.5.